The Hall–Kier alpha value is -0.421. The number of benzene rings is 1. The van der Waals surface area contributed by atoms with Crippen LogP contribution in [0.2, 0.25) is 0 Å². The van der Waals surface area contributed by atoms with Crippen LogP contribution in [0.15, 0.2) is 29.2 Å². The van der Waals surface area contributed by atoms with Crippen molar-refractivity contribution in [3.05, 3.63) is 29.8 Å². The fourth-order valence-corrected chi connectivity index (χ4v) is 3.06. The van der Waals surface area contributed by atoms with E-state index in [9.17, 15) is 12.8 Å². The predicted molar refractivity (Wildman–Crippen MR) is 51.2 cm³/mol. The first-order valence-corrected chi connectivity index (χ1v) is 7.07. The van der Waals surface area contributed by atoms with Gasteiger partial charge in [-0.05, 0) is 0 Å². The molecule has 3 nitrogen and oxygen atoms in total. The van der Waals surface area contributed by atoms with E-state index in [-0.39, 0.29) is 4.90 Å². The number of hydrogen-bond donors (Lipinski definition) is 0. The Morgan fingerprint density at radius 2 is 1.93 bits per heavy atom. The van der Waals surface area contributed by atoms with E-state index in [1.165, 1.54) is 12.1 Å². The molecule has 1 rings (SSSR count). The van der Waals surface area contributed by atoms with E-state index in [0.29, 0.717) is 0 Å². The summed E-state index contributed by atoms with van der Waals surface area (Å²) in [6, 6.07) is 6.22. The Morgan fingerprint density at radius 1 is 1.36 bits per heavy atom. The number of aryl methyl sites for hydroxylation is 1. The summed E-state index contributed by atoms with van der Waals surface area (Å²) in [6.07, 6.45) is 0. The molecule has 1 aromatic carbocycles. The van der Waals surface area contributed by atoms with Gasteiger partial charge in [0.15, 0.2) is 0 Å². The molecule has 0 atom stereocenters. The molecule has 0 aromatic heterocycles. The maximum atomic E-state index is 11.7. The summed E-state index contributed by atoms with van der Waals surface area (Å²) in [5, 5.41) is 0. The van der Waals surface area contributed by atoms with E-state index in [1.54, 1.807) is 12.1 Å². The van der Waals surface area contributed by atoms with Crippen LogP contribution in [-0.2, 0) is 13.4 Å². The average Bonchev–Trinajstić information content (AvgIpc) is 2.16. The Bertz CT molecular complexity index is 388. The standard InChI is InChI=1S/C8H9FO3SSe/c1-7-2-4-8(5-3-7)13(10,11)12-14-6-9/h2-5H,6H2,1H3. The maximum absolute atomic E-state index is 11.7. The van der Waals surface area contributed by atoms with Gasteiger partial charge in [0.1, 0.15) is 0 Å². The van der Waals surface area contributed by atoms with Crippen molar-refractivity contribution in [2.75, 3.05) is 5.57 Å². The third-order valence-corrected chi connectivity index (χ3v) is 4.54. The summed E-state index contributed by atoms with van der Waals surface area (Å²) >= 11 is -0.955. The van der Waals surface area contributed by atoms with Crippen molar-refractivity contribution >= 4 is 25.4 Å². The van der Waals surface area contributed by atoms with E-state index < -0.39 is 31.0 Å². The van der Waals surface area contributed by atoms with Gasteiger partial charge in [-0.25, -0.2) is 0 Å². The fraction of sp³-hybridized carbons (Fsp3) is 0.250. The van der Waals surface area contributed by atoms with Gasteiger partial charge in [0.2, 0.25) is 0 Å². The first-order chi connectivity index (χ1) is 6.56. The van der Waals surface area contributed by atoms with Gasteiger partial charge in [-0.2, -0.15) is 0 Å². The molecule has 14 heavy (non-hydrogen) atoms. The molecule has 0 radical (unpaired) electrons. The van der Waals surface area contributed by atoms with Crippen LogP contribution in [0.5, 0.6) is 0 Å². The van der Waals surface area contributed by atoms with Gasteiger partial charge in [-0.3, -0.25) is 0 Å². The number of rotatable bonds is 4. The van der Waals surface area contributed by atoms with Gasteiger partial charge in [0.05, 0.1) is 0 Å². The zero-order chi connectivity index (χ0) is 10.6. The molecule has 6 heteroatoms. The van der Waals surface area contributed by atoms with E-state index >= 15 is 0 Å². The second-order valence-electron chi connectivity index (χ2n) is 2.56. The molecule has 0 aliphatic carbocycles. The van der Waals surface area contributed by atoms with E-state index in [2.05, 4.69) is 3.27 Å². The van der Waals surface area contributed by atoms with E-state index in [1.807, 2.05) is 6.92 Å². The number of halogens is 1. The van der Waals surface area contributed by atoms with Crippen molar-refractivity contribution in [3.63, 3.8) is 0 Å². The molecule has 0 fully saturated rings. The summed E-state index contributed by atoms with van der Waals surface area (Å²) in [5.41, 5.74) is 0.206. The van der Waals surface area contributed by atoms with Crippen molar-refractivity contribution in [3.8, 4) is 0 Å². The van der Waals surface area contributed by atoms with Crippen molar-refractivity contribution in [1.29, 1.82) is 0 Å². The Balaban J connectivity index is 2.87. The molecule has 0 heterocycles. The van der Waals surface area contributed by atoms with Gasteiger partial charge in [-0.1, -0.05) is 0 Å². The molecule has 78 valence electrons. The molecule has 1 aromatic rings. The second-order valence-corrected chi connectivity index (χ2v) is 5.89. The van der Waals surface area contributed by atoms with Crippen molar-refractivity contribution in [2.45, 2.75) is 11.8 Å². The van der Waals surface area contributed by atoms with Crippen LogP contribution in [0.4, 0.5) is 4.39 Å². The van der Waals surface area contributed by atoms with Crippen LogP contribution in [0, 0.1) is 6.92 Å². The van der Waals surface area contributed by atoms with Crippen molar-refractivity contribution in [1.82, 2.24) is 0 Å². The van der Waals surface area contributed by atoms with Gasteiger partial charge in [-0.15, -0.1) is 0 Å². The van der Waals surface area contributed by atoms with Crippen molar-refractivity contribution < 1.29 is 16.1 Å². The molecule has 0 N–H and O–H groups in total. The zero-order valence-electron chi connectivity index (χ0n) is 7.44. The minimum absolute atomic E-state index is 0.0680. The van der Waals surface area contributed by atoms with Crippen molar-refractivity contribution in [2.24, 2.45) is 0 Å². The van der Waals surface area contributed by atoms with Crippen LogP contribution < -0.4 is 0 Å². The molecule has 0 aliphatic heterocycles. The summed E-state index contributed by atoms with van der Waals surface area (Å²) in [6.45, 7) is 1.85. The molecular weight excluding hydrogens is 274 g/mol. The predicted octanol–water partition coefficient (Wildman–Crippen LogP) is 1.25. The van der Waals surface area contributed by atoms with Crippen LogP contribution in [0.1, 0.15) is 5.56 Å². The van der Waals surface area contributed by atoms with Crippen LogP contribution >= 0.6 is 0 Å². The van der Waals surface area contributed by atoms with E-state index in [0.717, 1.165) is 5.56 Å². The molecule has 0 amide bonds. The third-order valence-electron chi connectivity index (χ3n) is 1.49. The first kappa shape index (κ1) is 11.7. The Morgan fingerprint density at radius 3 is 2.43 bits per heavy atom. The van der Waals surface area contributed by atoms with Gasteiger partial charge >= 0.3 is 88.7 Å². The topological polar surface area (TPSA) is 43.4 Å². The third kappa shape index (κ3) is 3.06. The second kappa shape index (κ2) is 4.89. The SMILES string of the molecule is Cc1ccc(S(=O)(=O)O[Se]CF)cc1. The average molecular weight is 283 g/mol. The van der Waals surface area contributed by atoms with Crippen LogP contribution in [0.25, 0.3) is 0 Å². The number of alkyl halides is 1. The molecule has 0 spiro atoms. The van der Waals surface area contributed by atoms with Gasteiger partial charge < -0.3 is 0 Å². The molecular formula is C8H9FO3SSe. The van der Waals surface area contributed by atoms with Crippen LogP contribution in [0.3, 0.4) is 0 Å². The van der Waals surface area contributed by atoms with Gasteiger partial charge in [0.25, 0.3) is 0 Å². The molecule has 0 unspecified atom stereocenters. The monoisotopic (exact) mass is 284 g/mol. The van der Waals surface area contributed by atoms with Gasteiger partial charge in [0, 0.05) is 0 Å². The van der Waals surface area contributed by atoms with E-state index in [4.69, 9.17) is 0 Å². The fourth-order valence-electron chi connectivity index (χ4n) is 0.826. The molecule has 0 aliphatic rings. The quantitative estimate of drug-likeness (QED) is 0.781. The minimum atomic E-state index is -3.75. The molecule has 0 saturated carbocycles. The molecule has 0 bridgehead atoms. The zero-order valence-corrected chi connectivity index (χ0v) is 9.97. The Labute approximate surface area is 88.9 Å². The summed E-state index contributed by atoms with van der Waals surface area (Å²) in [4.78, 5) is 0.0680. The summed E-state index contributed by atoms with van der Waals surface area (Å²) in [7, 11) is -3.75. The summed E-state index contributed by atoms with van der Waals surface area (Å²) in [5.74, 6) is 0. The first-order valence-electron chi connectivity index (χ1n) is 3.75. The normalized spacial score (nSPS) is 11.6. The molecule has 0 saturated heterocycles. The Kier molecular flexibility index (Phi) is 4.07. The van der Waals surface area contributed by atoms with Crippen LogP contribution in [-0.4, -0.2) is 29.3 Å². The number of hydrogen-bond acceptors (Lipinski definition) is 3. The summed E-state index contributed by atoms with van der Waals surface area (Å²) < 4.78 is 38.9.